The number of hydrogen-bond acceptors (Lipinski definition) is 2. The zero-order valence-electron chi connectivity index (χ0n) is 8.09. The highest BCUT2D eigenvalue weighted by Crippen LogP contribution is 2.18. The monoisotopic (exact) mass is 225 g/mol. The molecule has 0 aliphatic carbocycles. The molecule has 5 heteroatoms. The van der Waals surface area contributed by atoms with Crippen LogP contribution in [-0.2, 0) is 0 Å². The average Bonchev–Trinajstić information content (AvgIpc) is 2.25. The number of hydrazine groups is 1. The Morgan fingerprint density at radius 3 is 2.87 bits per heavy atom. The van der Waals surface area contributed by atoms with E-state index < -0.39 is 0 Å². The molecule has 4 nitrogen and oxygen atoms in total. The van der Waals surface area contributed by atoms with Gasteiger partial charge in [0.2, 0.25) is 0 Å². The summed E-state index contributed by atoms with van der Waals surface area (Å²) in [7, 11) is 0. The summed E-state index contributed by atoms with van der Waals surface area (Å²) in [6, 6.07) is 6.78. The van der Waals surface area contributed by atoms with Gasteiger partial charge in [0.1, 0.15) is 0 Å². The molecule has 1 aromatic carbocycles. The Morgan fingerprint density at radius 1 is 1.47 bits per heavy atom. The summed E-state index contributed by atoms with van der Waals surface area (Å²) in [5.41, 5.74) is 5.78. The van der Waals surface area contributed by atoms with Crippen molar-refractivity contribution in [2.45, 2.75) is 0 Å². The molecular formula is C10H12ClN3O. The minimum Gasteiger partial charge on any atom is -0.333 e. The van der Waals surface area contributed by atoms with Crippen molar-refractivity contribution in [3.05, 3.63) is 41.9 Å². The van der Waals surface area contributed by atoms with Gasteiger partial charge in [0, 0.05) is 6.54 Å². The topological polar surface area (TPSA) is 53.2 Å². The van der Waals surface area contributed by atoms with Crippen LogP contribution in [0.3, 0.4) is 0 Å². The summed E-state index contributed by atoms with van der Waals surface area (Å²) in [4.78, 5) is 11.1. The highest BCUT2D eigenvalue weighted by molar-refractivity contribution is 6.33. The summed E-state index contributed by atoms with van der Waals surface area (Å²) >= 11 is 5.86. The Labute approximate surface area is 93.3 Å². The molecular weight excluding hydrogens is 214 g/mol. The Kier molecular flexibility index (Phi) is 4.50. The third-order valence-corrected chi connectivity index (χ3v) is 1.92. The minimum absolute atomic E-state index is 0.338. The highest BCUT2D eigenvalue weighted by atomic mass is 35.5. The van der Waals surface area contributed by atoms with Gasteiger partial charge in [0.15, 0.2) is 0 Å². The molecule has 0 unspecified atom stereocenters. The van der Waals surface area contributed by atoms with Crippen molar-refractivity contribution in [2.75, 3.05) is 12.0 Å². The fourth-order valence-corrected chi connectivity index (χ4v) is 1.08. The second kappa shape index (κ2) is 5.93. The first-order chi connectivity index (χ1) is 7.24. The Balaban J connectivity index is 2.40. The van der Waals surface area contributed by atoms with E-state index in [9.17, 15) is 4.79 Å². The SMILES string of the molecule is C=CCNC(=O)NNc1ccccc1Cl. The van der Waals surface area contributed by atoms with E-state index in [1.54, 1.807) is 18.2 Å². The molecule has 0 aliphatic heterocycles. The van der Waals surface area contributed by atoms with Gasteiger partial charge in [-0.05, 0) is 12.1 Å². The fourth-order valence-electron chi connectivity index (χ4n) is 0.896. The molecule has 15 heavy (non-hydrogen) atoms. The lowest BCUT2D eigenvalue weighted by atomic mass is 10.3. The van der Waals surface area contributed by atoms with Crippen LogP contribution in [0.5, 0.6) is 0 Å². The molecule has 80 valence electrons. The summed E-state index contributed by atoms with van der Waals surface area (Å²) in [5, 5.41) is 3.09. The number of hydrogen-bond donors (Lipinski definition) is 3. The number of carbonyl (C=O) groups excluding carboxylic acids is 1. The smallest absolute Gasteiger partial charge is 0.333 e. The minimum atomic E-state index is -0.338. The van der Waals surface area contributed by atoms with Gasteiger partial charge in [-0.2, -0.15) is 0 Å². The molecule has 0 aromatic heterocycles. The molecule has 0 spiro atoms. The van der Waals surface area contributed by atoms with E-state index in [4.69, 9.17) is 11.6 Å². The van der Waals surface area contributed by atoms with Crippen LogP contribution in [0.2, 0.25) is 5.02 Å². The van der Waals surface area contributed by atoms with Crippen molar-refractivity contribution in [3.63, 3.8) is 0 Å². The normalized spacial score (nSPS) is 9.13. The third-order valence-electron chi connectivity index (χ3n) is 1.59. The number of para-hydroxylation sites is 1. The van der Waals surface area contributed by atoms with Crippen LogP contribution in [0.1, 0.15) is 0 Å². The number of anilines is 1. The maximum atomic E-state index is 11.1. The molecule has 1 rings (SSSR count). The van der Waals surface area contributed by atoms with Crippen molar-refractivity contribution in [2.24, 2.45) is 0 Å². The number of halogens is 1. The number of rotatable bonds is 4. The van der Waals surface area contributed by atoms with Crippen LogP contribution >= 0.6 is 11.6 Å². The van der Waals surface area contributed by atoms with E-state index >= 15 is 0 Å². The van der Waals surface area contributed by atoms with Crippen LogP contribution in [0.15, 0.2) is 36.9 Å². The first-order valence-electron chi connectivity index (χ1n) is 4.39. The van der Waals surface area contributed by atoms with E-state index in [1.807, 2.05) is 12.1 Å². The molecule has 0 aliphatic rings. The summed E-state index contributed by atoms with van der Waals surface area (Å²) in [6.07, 6.45) is 1.59. The lowest BCUT2D eigenvalue weighted by molar-refractivity contribution is 0.244. The van der Waals surface area contributed by atoms with Crippen LogP contribution in [0.25, 0.3) is 0 Å². The van der Waals surface area contributed by atoms with Gasteiger partial charge in [0.25, 0.3) is 0 Å². The van der Waals surface area contributed by atoms with Crippen LogP contribution in [0.4, 0.5) is 10.5 Å². The van der Waals surface area contributed by atoms with Crippen LogP contribution in [-0.4, -0.2) is 12.6 Å². The van der Waals surface area contributed by atoms with E-state index in [0.29, 0.717) is 17.3 Å². The maximum Gasteiger partial charge on any atom is 0.333 e. The predicted molar refractivity (Wildman–Crippen MR) is 61.8 cm³/mol. The lowest BCUT2D eigenvalue weighted by Gasteiger charge is -2.09. The number of urea groups is 1. The van der Waals surface area contributed by atoms with Crippen molar-refractivity contribution < 1.29 is 4.79 Å². The maximum absolute atomic E-state index is 11.1. The van der Waals surface area contributed by atoms with Crippen molar-refractivity contribution in [1.82, 2.24) is 10.7 Å². The Bertz CT molecular complexity index is 354. The molecule has 0 saturated heterocycles. The molecule has 0 bridgehead atoms. The molecule has 0 saturated carbocycles. The van der Waals surface area contributed by atoms with Crippen LogP contribution < -0.4 is 16.2 Å². The standard InChI is InChI=1S/C10H12ClN3O/c1-2-7-12-10(15)14-13-9-6-4-3-5-8(9)11/h2-6,13H,1,7H2,(H2,12,14,15). The van der Waals surface area contributed by atoms with E-state index in [0.717, 1.165) is 0 Å². The number of nitrogens with one attached hydrogen (secondary N) is 3. The Morgan fingerprint density at radius 2 is 2.20 bits per heavy atom. The third kappa shape index (κ3) is 3.91. The lowest BCUT2D eigenvalue weighted by Crippen LogP contribution is -2.39. The van der Waals surface area contributed by atoms with Gasteiger partial charge in [-0.15, -0.1) is 6.58 Å². The predicted octanol–water partition coefficient (Wildman–Crippen LogP) is 2.15. The van der Waals surface area contributed by atoms with E-state index in [-0.39, 0.29) is 6.03 Å². The first kappa shape index (κ1) is 11.4. The number of benzene rings is 1. The van der Waals surface area contributed by atoms with Gasteiger partial charge in [-0.1, -0.05) is 29.8 Å². The highest BCUT2D eigenvalue weighted by Gasteiger charge is 1.99. The largest absolute Gasteiger partial charge is 0.333 e. The summed E-state index contributed by atoms with van der Waals surface area (Å²) in [6.45, 7) is 3.89. The van der Waals surface area contributed by atoms with Gasteiger partial charge in [-0.3, -0.25) is 10.9 Å². The number of amides is 2. The van der Waals surface area contributed by atoms with Crippen molar-refractivity contribution in [3.8, 4) is 0 Å². The van der Waals surface area contributed by atoms with Gasteiger partial charge < -0.3 is 5.32 Å². The second-order valence-corrected chi connectivity index (χ2v) is 3.14. The summed E-state index contributed by atoms with van der Waals surface area (Å²) in [5.74, 6) is 0. The first-order valence-corrected chi connectivity index (χ1v) is 4.77. The van der Waals surface area contributed by atoms with Crippen molar-refractivity contribution >= 4 is 23.3 Å². The van der Waals surface area contributed by atoms with Gasteiger partial charge in [0.05, 0.1) is 10.7 Å². The molecule has 2 amide bonds. The number of carbonyl (C=O) groups is 1. The fraction of sp³-hybridized carbons (Fsp3) is 0.100. The molecule has 0 radical (unpaired) electrons. The molecule has 0 heterocycles. The van der Waals surface area contributed by atoms with E-state index in [1.165, 1.54) is 0 Å². The quantitative estimate of drug-likeness (QED) is 0.543. The van der Waals surface area contributed by atoms with E-state index in [2.05, 4.69) is 22.7 Å². The molecule has 0 fully saturated rings. The zero-order chi connectivity index (χ0) is 11.1. The van der Waals surface area contributed by atoms with Gasteiger partial charge in [-0.25, -0.2) is 4.79 Å². The average molecular weight is 226 g/mol. The zero-order valence-corrected chi connectivity index (χ0v) is 8.84. The van der Waals surface area contributed by atoms with Crippen LogP contribution in [0, 0.1) is 0 Å². The summed E-state index contributed by atoms with van der Waals surface area (Å²) < 4.78 is 0. The Hall–Kier alpha value is -1.68. The van der Waals surface area contributed by atoms with Crippen molar-refractivity contribution in [1.29, 1.82) is 0 Å². The molecule has 1 aromatic rings. The molecule has 3 N–H and O–H groups in total. The molecule has 0 atom stereocenters. The van der Waals surface area contributed by atoms with Gasteiger partial charge >= 0.3 is 6.03 Å². The second-order valence-electron chi connectivity index (χ2n) is 2.73.